The van der Waals surface area contributed by atoms with Crippen LogP contribution in [0.15, 0.2) is 60.7 Å². The number of fused-ring (bicyclic) bond motifs is 1. The van der Waals surface area contributed by atoms with Gasteiger partial charge in [-0.15, -0.1) is 5.10 Å². The third-order valence-electron chi connectivity index (χ3n) is 4.37. The lowest BCUT2D eigenvalue weighted by Crippen LogP contribution is -2.05. The molecule has 6 heteroatoms. The fraction of sp³-hybridized carbons (Fsp3) is 0.143. The summed E-state index contributed by atoms with van der Waals surface area (Å²) in [5.74, 6) is 1.34. The van der Waals surface area contributed by atoms with E-state index in [1.165, 1.54) is 11.1 Å². The van der Waals surface area contributed by atoms with Crippen LogP contribution in [0, 0.1) is 6.92 Å². The van der Waals surface area contributed by atoms with E-state index in [-0.39, 0.29) is 0 Å². The molecule has 0 saturated carbocycles. The first-order valence-electron chi connectivity index (χ1n) is 8.73. The monoisotopic (exact) mass is 359 g/mol. The molecule has 0 spiro atoms. The molecular formula is C21H21N5O. The van der Waals surface area contributed by atoms with Crippen LogP contribution in [-0.4, -0.2) is 21.7 Å². The number of hydrogen-bond acceptors (Lipinski definition) is 5. The molecule has 27 heavy (non-hydrogen) atoms. The zero-order chi connectivity index (χ0) is 18.8. The summed E-state index contributed by atoms with van der Waals surface area (Å²) in [4.78, 5) is 4.66. The Labute approximate surface area is 157 Å². The molecule has 0 unspecified atom stereocenters. The lowest BCUT2D eigenvalue weighted by Gasteiger charge is -2.08. The highest BCUT2D eigenvalue weighted by molar-refractivity contribution is 5.70. The van der Waals surface area contributed by atoms with Crippen LogP contribution in [0.3, 0.4) is 0 Å². The van der Waals surface area contributed by atoms with Gasteiger partial charge in [-0.1, -0.05) is 42.0 Å². The molecule has 6 nitrogen and oxygen atoms in total. The highest BCUT2D eigenvalue weighted by Gasteiger charge is 2.16. The van der Waals surface area contributed by atoms with Gasteiger partial charge in [0.2, 0.25) is 5.88 Å². The summed E-state index contributed by atoms with van der Waals surface area (Å²) >= 11 is 0. The maximum Gasteiger partial charge on any atom is 0.243 e. The van der Waals surface area contributed by atoms with Crippen LogP contribution in [0.4, 0.5) is 11.5 Å². The molecule has 4 aromatic rings. The lowest BCUT2D eigenvalue weighted by molar-refractivity contribution is 0.389. The SMILES string of the molecule is COc1c(-c2ccc(N)cc2)nc2ccc(NCc3cccc(C)c3)nn12. The molecule has 0 fully saturated rings. The van der Waals surface area contributed by atoms with E-state index in [0.29, 0.717) is 18.1 Å². The average molecular weight is 359 g/mol. The first-order chi connectivity index (χ1) is 13.1. The Kier molecular flexibility index (Phi) is 4.38. The van der Waals surface area contributed by atoms with Gasteiger partial charge in [-0.3, -0.25) is 0 Å². The van der Waals surface area contributed by atoms with Crippen molar-refractivity contribution in [2.75, 3.05) is 18.2 Å². The molecule has 2 heterocycles. The second kappa shape index (κ2) is 6.99. The summed E-state index contributed by atoms with van der Waals surface area (Å²) in [7, 11) is 1.62. The second-order valence-corrected chi connectivity index (χ2v) is 6.42. The van der Waals surface area contributed by atoms with Gasteiger partial charge < -0.3 is 15.8 Å². The Morgan fingerprint density at radius 1 is 1.07 bits per heavy atom. The molecule has 2 aromatic carbocycles. The van der Waals surface area contributed by atoms with Crippen molar-refractivity contribution >= 4 is 17.2 Å². The Hall–Kier alpha value is -3.54. The number of rotatable bonds is 5. The van der Waals surface area contributed by atoms with Crippen molar-refractivity contribution in [2.45, 2.75) is 13.5 Å². The number of aryl methyl sites for hydroxylation is 1. The first-order valence-corrected chi connectivity index (χ1v) is 8.73. The van der Waals surface area contributed by atoms with Crippen molar-refractivity contribution in [3.05, 3.63) is 71.8 Å². The molecule has 0 aliphatic heterocycles. The van der Waals surface area contributed by atoms with E-state index in [9.17, 15) is 0 Å². The van der Waals surface area contributed by atoms with Gasteiger partial charge in [-0.2, -0.15) is 4.52 Å². The number of imidazole rings is 1. The van der Waals surface area contributed by atoms with Crippen LogP contribution >= 0.6 is 0 Å². The molecule has 0 aliphatic carbocycles. The number of ether oxygens (including phenoxy) is 1. The number of hydrogen-bond donors (Lipinski definition) is 2. The first kappa shape index (κ1) is 16.9. The minimum absolute atomic E-state index is 0.592. The third-order valence-corrected chi connectivity index (χ3v) is 4.37. The molecule has 3 N–H and O–H groups in total. The van der Waals surface area contributed by atoms with Gasteiger partial charge in [0, 0.05) is 17.8 Å². The summed E-state index contributed by atoms with van der Waals surface area (Å²) in [6.07, 6.45) is 0. The predicted molar refractivity (Wildman–Crippen MR) is 108 cm³/mol. The Bertz CT molecular complexity index is 1090. The van der Waals surface area contributed by atoms with E-state index in [0.717, 1.165) is 22.7 Å². The zero-order valence-electron chi connectivity index (χ0n) is 15.3. The van der Waals surface area contributed by atoms with E-state index in [1.54, 1.807) is 11.6 Å². The molecule has 2 aromatic heterocycles. The van der Waals surface area contributed by atoms with E-state index in [4.69, 9.17) is 10.5 Å². The number of nitrogens with zero attached hydrogens (tertiary/aromatic N) is 3. The van der Waals surface area contributed by atoms with Crippen molar-refractivity contribution in [2.24, 2.45) is 0 Å². The maximum atomic E-state index is 5.78. The highest BCUT2D eigenvalue weighted by Crippen LogP contribution is 2.30. The van der Waals surface area contributed by atoms with Crippen LogP contribution in [0.25, 0.3) is 16.9 Å². The number of nitrogen functional groups attached to an aromatic ring is 1. The molecule has 136 valence electrons. The van der Waals surface area contributed by atoms with E-state index >= 15 is 0 Å². The van der Waals surface area contributed by atoms with Crippen LogP contribution in [-0.2, 0) is 6.54 Å². The van der Waals surface area contributed by atoms with Crippen LogP contribution in [0.5, 0.6) is 5.88 Å². The average Bonchev–Trinajstić information content (AvgIpc) is 3.05. The number of benzene rings is 2. The number of nitrogens with one attached hydrogen (secondary N) is 1. The van der Waals surface area contributed by atoms with E-state index < -0.39 is 0 Å². The number of methoxy groups -OCH3 is 1. The summed E-state index contributed by atoms with van der Waals surface area (Å²) < 4.78 is 7.31. The van der Waals surface area contributed by atoms with Gasteiger partial charge in [0.15, 0.2) is 5.65 Å². The van der Waals surface area contributed by atoms with E-state index in [1.807, 2.05) is 36.4 Å². The normalized spacial score (nSPS) is 10.9. The van der Waals surface area contributed by atoms with Gasteiger partial charge in [-0.25, -0.2) is 4.98 Å². The number of anilines is 2. The van der Waals surface area contributed by atoms with Gasteiger partial charge in [-0.05, 0) is 36.8 Å². The summed E-state index contributed by atoms with van der Waals surface area (Å²) in [6.45, 7) is 2.78. The molecule has 0 aliphatic rings. The lowest BCUT2D eigenvalue weighted by atomic mass is 10.1. The molecular weight excluding hydrogens is 338 g/mol. The molecule has 0 amide bonds. The minimum atomic E-state index is 0.592. The third kappa shape index (κ3) is 3.42. The fourth-order valence-electron chi connectivity index (χ4n) is 3.03. The molecule has 0 atom stereocenters. The fourth-order valence-corrected chi connectivity index (χ4v) is 3.03. The smallest absolute Gasteiger partial charge is 0.243 e. The standard InChI is InChI=1S/C21H21N5O/c1-14-4-3-5-15(12-14)13-23-18-10-11-19-24-20(21(27-2)26(19)25-18)16-6-8-17(22)9-7-16/h3-12H,13,22H2,1-2H3,(H,23,25). The number of aromatic nitrogens is 3. The summed E-state index contributed by atoms with van der Waals surface area (Å²) in [5.41, 5.74) is 11.3. The van der Waals surface area contributed by atoms with Gasteiger partial charge >= 0.3 is 0 Å². The minimum Gasteiger partial charge on any atom is -0.479 e. The topological polar surface area (TPSA) is 77.5 Å². The number of nitrogens with two attached hydrogens (primary N) is 1. The van der Waals surface area contributed by atoms with E-state index in [2.05, 4.69) is 46.6 Å². The predicted octanol–water partition coefficient (Wildman–Crippen LogP) is 3.91. The zero-order valence-corrected chi connectivity index (χ0v) is 15.3. The van der Waals surface area contributed by atoms with Crippen LogP contribution in [0.2, 0.25) is 0 Å². The molecule has 0 saturated heterocycles. The molecule has 0 bridgehead atoms. The highest BCUT2D eigenvalue weighted by atomic mass is 16.5. The quantitative estimate of drug-likeness (QED) is 0.528. The second-order valence-electron chi connectivity index (χ2n) is 6.42. The van der Waals surface area contributed by atoms with Crippen molar-refractivity contribution in [3.63, 3.8) is 0 Å². The largest absolute Gasteiger partial charge is 0.479 e. The Morgan fingerprint density at radius 3 is 2.63 bits per heavy atom. The molecule has 4 rings (SSSR count). The summed E-state index contributed by atoms with van der Waals surface area (Å²) in [6, 6.07) is 19.8. The Balaban J connectivity index is 1.66. The summed E-state index contributed by atoms with van der Waals surface area (Å²) in [5, 5.41) is 8.00. The van der Waals surface area contributed by atoms with Gasteiger partial charge in [0.25, 0.3) is 0 Å². The van der Waals surface area contributed by atoms with Crippen molar-refractivity contribution in [1.29, 1.82) is 0 Å². The van der Waals surface area contributed by atoms with Crippen molar-refractivity contribution in [3.8, 4) is 17.1 Å². The van der Waals surface area contributed by atoms with Crippen LogP contribution < -0.4 is 15.8 Å². The molecule has 0 radical (unpaired) electrons. The maximum absolute atomic E-state index is 5.78. The van der Waals surface area contributed by atoms with Crippen molar-refractivity contribution in [1.82, 2.24) is 14.6 Å². The van der Waals surface area contributed by atoms with Crippen molar-refractivity contribution < 1.29 is 4.74 Å². The van der Waals surface area contributed by atoms with Gasteiger partial charge in [0.1, 0.15) is 11.5 Å². The Morgan fingerprint density at radius 2 is 1.89 bits per heavy atom. The van der Waals surface area contributed by atoms with Gasteiger partial charge in [0.05, 0.1) is 7.11 Å². The van der Waals surface area contributed by atoms with Crippen LogP contribution in [0.1, 0.15) is 11.1 Å².